The number of nitrogens with one attached hydrogen (secondary N) is 4. The number of amides is 4. The molecule has 8 aromatic carbocycles. The molecule has 50 heteroatoms. The molecule has 594 valence electrons. The molecule has 20 nitrogen and oxygen atoms in total. The SMILES string of the molecule is O=C(Nc1nnc(-c2ccc(Cl)cc2)o1)c1ccc(S(F)(F)(F)(F)F)cc1.O=C(Nc1nnc(-c2ccc(F)cc2)o1)c1ccc(S(F)(F)(F)(F)F)cc1.O=C(Nc1nnc(-c2cccc(C(F)(F)F)c2)o1)c1ccc(S(F)(F)(F)(F)F)cc1.O=C(Nc1nnc(-c2cccc(Cl)c2)o1)c1ccc(S(F)(F)(F)(F)F)cc1. The molecule has 0 fully saturated rings. The molecule has 0 bridgehead atoms. The number of alkyl halides is 3. The highest BCUT2D eigenvalue weighted by Crippen LogP contribution is 3.04. The summed E-state index contributed by atoms with van der Waals surface area (Å²) in [4.78, 5) is 39.6. The summed E-state index contributed by atoms with van der Waals surface area (Å²) < 4.78 is 325. The third-order valence-electron chi connectivity index (χ3n) is 13.5. The van der Waals surface area contributed by atoms with Crippen LogP contribution in [0.4, 0.5) is 119 Å². The van der Waals surface area contributed by atoms with Crippen molar-refractivity contribution >= 4 is 112 Å². The maximum absolute atomic E-state index is 12.9. The fourth-order valence-electron chi connectivity index (χ4n) is 8.33. The second-order valence-corrected chi connectivity index (χ2v) is 32.6. The number of nitrogens with zero attached hydrogens (tertiary/aromatic N) is 8. The average molecular weight is 1720 g/mol. The van der Waals surface area contributed by atoms with Gasteiger partial charge in [-0.2, -0.15) is 13.2 Å². The van der Waals surface area contributed by atoms with Crippen molar-refractivity contribution in [3.63, 3.8) is 0 Å². The van der Waals surface area contributed by atoms with E-state index in [1.807, 2.05) is 5.32 Å². The van der Waals surface area contributed by atoms with E-state index in [0.717, 1.165) is 30.3 Å². The lowest BCUT2D eigenvalue weighted by molar-refractivity contribution is -0.137. The van der Waals surface area contributed by atoms with E-state index in [9.17, 15) is 114 Å². The van der Waals surface area contributed by atoms with E-state index in [1.165, 1.54) is 18.2 Å². The molecule has 4 heterocycles. The van der Waals surface area contributed by atoms with E-state index in [2.05, 4.69) is 56.7 Å². The molecule has 0 unspecified atom stereocenters. The Labute approximate surface area is 612 Å². The fourth-order valence-corrected chi connectivity index (χ4v) is 11.2. The van der Waals surface area contributed by atoms with Gasteiger partial charge in [-0.1, -0.05) is 133 Å². The first-order valence-electron chi connectivity index (χ1n) is 28.9. The standard InChI is InChI=1S/C16H9F8N3O2S.2C15H9ClF5N3O2S.C15H9F6N3O2S/c17-16(18,19)11-3-1-2-10(8-11)14-26-27-15(29-14)25-13(28)9-4-6-12(7-5-9)30(20,21,22,23)24;16-11-5-1-10(2-6-11)14-23-24-15(26-14)22-13(25)9-3-7-12(8-4-9)27(17,18,19,20)21;16-11-3-1-2-10(8-11)14-23-24-15(26-14)22-13(25)9-4-6-12(7-5-9)27(17,18,19,20)21;16-11-5-1-10(2-6-11)14-23-24-15(26-14)22-13(25)9-3-7-12(8-4-9)27(17,18,19,20)21/h1-8H,(H,25,27,28);3*1-8H,(H,22,24,25). The zero-order chi connectivity index (χ0) is 82.2. The van der Waals surface area contributed by atoms with Crippen LogP contribution in [0.3, 0.4) is 0 Å². The summed E-state index contributed by atoms with van der Waals surface area (Å²) in [5.74, 6) is -4.61. The lowest BCUT2D eigenvalue weighted by Crippen LogP contribution is -2.13. The van der Waals surface area contributed by atoms with Gasteiger partial charge in [-0.15, -0.1) is 20.4 Å². The van der Waals surface area contributed by atoms with Crippen molar-refractivity contribution in [2.75, 3.05) is 21.3 Å². The lowest BCUT2D eigenvalue weighted by atomic mass is 10.1. The Hall–Kier alpha value is -11.5. The first-order chi connectivity index (χ1) is 50.5. The average Bonchev–Trinajstić information content (AvgIpc) is 1.27. The number of benzene rings is 8. The number of rotatable bonds is 16. The molecule has 12 aromatic rings. The minimum Gasteiger partial charge on any atom is -0.403 e. The molecule has 12 rings (SSSR count). The third-order valence-corrected chi connectivity index (χ3v) is 18.7. The molecule has 0 spiro atoms. The van der Waals surface area contributed by atoms with Crippen LogP contribution >= 0.6 is 64.1 Å². The predicted molar refractivity (Wildman–Crippen MR) is 357 cm³/mol. The van der Waals surface area contributed by atoms with Crippen LogP contribution < -0.4 is 21.3 Å². The largest absolute Gasteiger partial charge is 0.416 e. The van der Waals surface area contributed by atoms with Gasteiger partial charge in [0, 0.05) is 54.6 Å². The van der Waals surface area contributed by atoms with Gasteiger partial charge in [0.2, 0.25) is 23.6 Å². The zero-order valence-electron chi connectivity index (χ0n) is 53.3. The second-order valence-electron chi connectivity index (χ2n) is 22.0. The molecule has 0 aliphatic carbocycles. The number of aromatic nitrogens is 8. The second kappa shape index (κ2) is 26.9. The number of hydrogen-bond donors (Lipinski definition) is 4. The molecule has 111 heavy (non-hydrogen) atoms. The van der Waals surface area contributed by atoms with Crippen LogP contribution in [-0.4, -0.2) is 64.4 Å². The highest BCUT2D eigenvalue weighted by Gasteiger charge is 2.68. The molecular weight excluding hydrogens is 1680 g/mol. The maximum atomic E-state index is 12.9. The van der Waals surface area contributed by atoms with E-state index in [1.54, 1.807) is 48.5 Å². The number of hydrogen-bond acceptors (Lipinski definition) is 16. The van der Waals surface area contributed by atoms with Gasteiger partial charge in [-0.25, -0.2) is 4.39 Å². The van der Waals surface area contributed by atoms with Crippen molar-refractivity contribution in [2.45, 2.75) is 25.8 Å². The highest BCUT2D eigenvalue weighted by atomic mass is 35.5. The van der Waals surface area contributed by atoms with Gasteiger partial charge in [0.1, 0.15) is 25.4 Å². The summed E-state index contributed by atoms with van der Waals surface area (Å²) in [5.41, 5.74) is -1.07. The Morgan fingerprint density at radius 3 is 0.811 bits per heavy atom. The predicted octanol–water partition coefficient (Wildman–Crippen LogP) is 25.0. The Bertz CT molecular complexity index is 5350. The summed E-state index contributed by atoms with van der Waals surface area (Å²) in [7, 11) is -39.3. The minimum absolute atomic E-state index is 0.0402. The molecule has 0 atom stereocenters. The van der Waals surface area contributed by atoms with Crippen LogP contribution in [-0.2, 0) is 6.18 Å². The molecule has 0 aliphatic rings. The van der Waals surface area contributed by atoms with Crippen molar-refractivity contribution in [3.05, 3.63) is 238 Å². The summed E-state index contributed by atoms with van der Waals surface area (Å²) in [5, 5.41) is 38.0. The molecule has 0 radical (unpaired) electrons. The first kappa shape index (κ1) is 83.5. The Morgan fingerprint density at radius 2 is 0.550 bits per heavy atom. The molecule has 4 aromatic heterocycles. The zero-order valence-corrected chi connectivity index (χ0v) is 58.1. The van der Waals surface area contributed by atoms with E-state index in [4.69, 9.17) is 40.9 Å². The van der Waals surface area contributed by atoms with Gasteiger partial charge >= 0.3 is 71.1 Å². The quantitative estimate of drug-likeness (QED) is 0.0655. The van der Waals surface area contributed by atoms with E-state index < -0.39 is 113 Å². The Morgan fingerprint density at radius 1 is 0.297 bits per heavy atom. The Kier molecular flexibility index (Phi) is 20.3. The van der Waals surface area contributed by atoms with Crippen LogP contribution in [0.1, 0.15) is 47.0 Å². The maximum Gasteiger partial charge on any atom is 0.416 e. The van der Waals surface area contributed by atoms with Crippen molar-refractivity contribution in [2.24, 2.45) is 0 Å². The van der Waals surface area contributed by atoms with Crippen molar-refractivity contribution in [3.8, 4) is 45.8 Å². The van der Waals surface area contributed by atoms with Crippen LogP contribution in [0.2, 0.25) is 10.0 Å². The molecule has 0 saturated heterocycles. The summed E-state index contributed by atoms with van der Waals surface area (Å²) in [6.07, 6.45) is -4.62. The van der Waals surface area contributed by atoms with Crippen molar-refractivity contribution < 1.29 is 132 Å². The number of carbonyl (C=O) groups is 4. The van der Waals surface area contributed by atoms with Gasteiger partial charge in [-0.05, 0) is 182 Å². The molecule has 0 saturated carbocycles. The van der Waals surface area contributed by atoms with E-state index in [0.29, 0.717) is 75.3 Å². The molecule has 4 amide bonds. The van der Waals surface area contributed by atoms with Gasteiger partial charge in [0.05, 0.1) is 5.56 Å². The first-order valence-corrected chi connectivity index (χ1v) is 37.5. The monoisotopic (exact) mass is 1720 g/mol. The van der Waals surface area contributed by atoms with Crippen molar-refractivity contribution in [1.82, 2.24) is 40.8 Å². The highest BCUT2D eigenvalue weighted by molar-refractivity contribution is 8.46. The normalized spacial score (nSPS) is 14.4. The topological polar surface area (TPSA) is 272 Å². The molecule has 0 aliphatic heterocycles. The fraction of sp³-hybridized carbons (Fsp3) is 0.0164. The van der Waals surface area contributed by atoms with E-state index in [-0.39, 0.29) is 112 Å². The van der Waals surface area contributed by atoms with E-state index >= 15 is 0 Å². The lowest BCUT2D eigenvalue weighted by Gasteiger charge is -2.40. The number of carbonyl (C=O) groups excluding carboxylic acids is 4. The number of anilines is 4. The number of halogens is 26. The Balaban J connectivity index is 0.000000170. The summed E-state index contributed by atoms with van der Waals surface area (Å²) >= 11 is 11.6. The minimum atomic E-state index is -9.88. The summed E-state index contributed by atoms with van der Waals surface area (Å²) in [6.45, 7) is 0. The third kappa shape index (κ3) is 23.3. The molecule has 4 N–H and O–H groups in total. The van der Waals surface area contributed by atoms with Gasteiger partial charge < -0.3 is 17.7 Å². The summed E-state index contributed by atoms with van der Waals surface area (Å²) in [6, 6.07) is 25.7. The van der Waals surface area contributed by atoms with Crippen LogP contribution in [0.25, 0.3) is 45.8 Å². The molecular formula is C61H36Cl2F24N12O8S4. The van der Waals surface area contributed by atoms with Crippen molar-refractivity contribution in [1.29, 1.82) is 0 Å². The van der Waals surface area contributed by atoms with Crippen LogP contribution in [0, 0.1) is 5.82 Å². The smallest absolute Gasteiger partial charge is 0.403 e. The van der Waals surface area contributed by atoms with Crippen LogP contribution in [0.15, 0.2) is 231 Å². The van der Waals surface area contributed by atoms with Gasteiger partial charge in [-0.3, -0.25) is 40.4 Å². The van der Waals surface area contributed by atoms with Gasteiger partial charge in [0.15, 0.2) is 0 Å². The van der Waals surface area contributed by atoms with Gasteiger partial charge in [0.25, 0.3) is 23.6 Å². The van der Waals surface area contributed by atoms with Crippen LogP contribution in [0.5, 0.6) is 0 Å².